The molecule has 0 atom stereocenters. The first-order valence-corrected chi connectivity index (χ1v) is 8.60. The van der Waals surface area contributed by atoms with Crippen molar-refractivity contribution in [3.05, 3.63) is 41.0 Å². The van der Waals surface area contributed by atoms with Crippen LogP contribution in [-0.2, 0) is 25.5 Å². The van der Waals surface area contributed by atoms with Crippen LogP contribution in [0.15, 0.2) is 29.8 Å². The largest absolute Gasteiger partial charge is 0.421 e. The number of unbranched alkanes of at least 4 members (excludes halogenated alkanes) is 1. The second-order valence-electron chi connectivity index (χ2n) is 5.87. The maximum Gasteiger partial charge on any atom is 0.305 e. The van der Waals surface area contributed by atoms with Gasteiger partial charge in [0.05, 0.1) is 0 Å². The number of benzene rings is 1. The summed E-state index contributed by atoms with van der Waals surface area (Å²) in [7, 11) is 0. The Labute approximate surface area is 144 Å². The summed E-state index contributed by atoms with van der Waals surface area (Å²) in [5.41, 5.74) is 3.09. The predicted molar refractivity (Wildman–Crippen MR) is 95.3 cm³/mol. The molecule has 0 radical (unpaired) electrons. The van der Waals surface area contributed by atoms with Gasteiger partial charge in [0.2, 0.25) is 0 Å². The fourth-order valence-corrected chi connectivity index (χ4v) is 2.46. The van der Waals surface area contributed by atoms with E-state index >= 15 is 0 Å². The smallest absolute Gasteiger partial charge is 0.305 e. The van der Waals surface area contributed by atoms with Gasteiger partial charge in [0.25, 0.3) is 6.29 Å². The summed E-state index contributed by atoms with van der Waals surface area (Å²) < 4.78 is 10.4. The SMILES string of the molecule is CCCCc1cccc(/C=C(\CCC)C(OC(C)=O)OC(C)=O)c1. The molecule has 0 unspecified atom stereocenters. The van der Waals surface area contributed by atoms with E-state index in [2.05, 4.69) is 19.1 Å². The van der Waals surface area contributed by atoms with Gasteiger partial charge in [-0.05, 0) is 36.5 Å². The molecule has 0 amide bonds. The fraction of sp³-hybridized carbons (Fsp3) is 0.500. The molecule has 4 nitrogen and oxygen atoms in total. The maximum atomic E-state index is 11.3. The van der Waals surface area contributed by atoms with Gasteiger partial charge in [-0.3, -0.25) is 9.59 Å². The number of esters is 2. The fourth-order valence-electron chi connectivity index (χ4n) is 2.46. The Kier molecular flexibility index (Phi) is 8.84. The van der Waals surface area contributed by atoms with E-state index in [0.29, 0.717) is 6.42 Å². The topological polar surface area (TPSA) is 52.6 Å². The Morgan fingerprint density at radius 3 is 2.29 bits per heavy atom. The molecule has 132 valence electrons. The zero-order valence-corrected chi connectivity index (χ0v) is 15.1. The summed E-state index contributed by atoms with van der Waals surface area (Å²) in [6.45, 7) is 6.83. The van der Waals surface area contributed by atoms with Crippen molar-refractivity contribution in [1.29, 1.82) is 0 Å². The highest BCUT2D eigenvalue weighted by Gasteiger charge is 2.20. The zero-order valence-electron chi connectivity index (χ0n) is 15.1. The summed E-state index contributed by atoms with van der Waals surface area (Å²) in [6, 6.07) is 8.27. The van der Waals surface area contributed by atoms with Gasteiger partial charge in [-0.1, -0.05) is 51.0 Å². The second kappa shape index (κ2) is 10.6. The second-order valence-corrected chi connectivity index (χ2v) is 5.87. The van der Waals surface area contributed by atoms with Crippen molar-refractivity contribution in [3.8, 4) is 0 Å². The van der Waals surface area contributed by atoms with Gasteiger partial charge in [0.15, 0.2) is 0 Å². The van der Waals surface area contributed by atoms with Crippen LogP contribution in [0.1, 0.15) is 64.5 Å². The lowest BCUT2D eigenvalue weighted by molar-refractivity contribution is -0.178. The molecule has 1 rings (SSSR count). The molecule has 0 saturated heterocycles. The van der Waals surface area contributed by atoms with Crippen molar-refractivity contribution in [2.45, 2.75) is 66.1 Å². The molecule has 4 heteroatoms. The molecule has 0 aromatic heterocycles. The third kappa shape index (κ3) is 7.44. The van der Waals surface area contributed by atoms with E-state index in [1.165, 1.54) is 19.4 Å². The number of rotatable bonds is 9. The van der Waals surface area contributed by atoms with Crippen molar-refractivity contribution in [2.75, 3.05) is 0 Å². The first-order valence-electron chi connectivity index (χ1n) is 8.60. The third-order valence-electron chi connectivity index (χ3n) is 3.51. The molecular weight excluding hydrogens is 304 g/mol. The van der Waals surface area contributed by atoms with Crippen LogP contribution in [0.2, 0.25) is 0 Å². The summed E-state index contributed by atoms with van der Waals surface area (Å²) >= 11 is 0. The zero-order chi connectivity index (χ0) is 17.9. The van der Waals surface area contributed by atoms with Crippen LogP contribution in [0.3, 0.4) is 0 Å². The molecule has 0 bridgehead atoms. The van der Waals surface area contributed by atoms with Crippen molar-refractivity contribution in [1.82, 2.24) is 0 Å². The average molecular weight is 332 g/mol. The number of ether oxygens (including phenoxy) is 2. The van der Waals surface area contributed by atoms with Crippen molar-refractivity contribution >= 4 is 18.0 Å². The Morgan fingerprint density at radius 1 is 1.08 bits per heavy atom. The normalized spacial score (nSPS) is 11.5. The lowest BCUT2D eigenvalue weighted by Crippen LogP contribution is -2.24. The minimum atomic E-state index is -0.959. The summed E-state index contributed by atoms with van der Waals surface area (Å²) in [5.74, 6) is -0.945. The van der Waals surface area contributed by atoms with Gasteiger partial charge in [0.1, 0.15) is 0 Å². The molecular formula is C20H28O4. The van der Waals surface area contributed by atoms with Gasteiger partial charge >= 0.3 is 11.9 Å². The molecule has 0 heterocycles. The highest BCUT2D eigenvalue weighted by Crippen LogP contribution is 2.20. The molecule has 0 saturated carbocycles. The Bertz CT molecular complexity index is 559. The molecule has 0 N–H and O–H groups in total. The van der Waals surface area contributed by atoms with Crippen LogP contribution < -0.4 is 0 Å². The molecule has 24 heavy (non-hydrogen) atoms. The minimum Gasteiger partial charge on any atom is -0.421 e. The van der Waals surface area contributed by atoms with Crippen LogP contribution in [0.5, 0.6) is 0 Å². The van der Waals surface area contributed by atoms with Crippen LogP contribution in [0.4, 0.5) is 0 Å². The van der Waals surface area contributed by atoms with Crippen LogP contribution >= 0.6 is 0 Å². The van der Waals surface area contributed by atoms with Gasteiger partial charge in [-0.2, -0.15) is 0 Å². The predicted octanol–water partition coefficient (Wildman–Crippen LogP) is 4.67. The van der Waals surface area contributed by atoms with Gasteiger partial charge in [0, 0.05) is 19.4 Å². The van der Waals surface area contributed by atoms with Crippen molar-refractivity contribution in [3.63, 3.8) is 0 Å². The standard InChI is InChI=1S/C20H28O4/c1-5-7-10-17-11-8-12-18(13-17)14-19(9-6-2)20(23-15(3)21)24-16(4)22/h8,11-14,20H,5-7,9-10H2,1-4H3/b19-14+. The quantitative estimate of drug-likeness (QED) is 0.487. The maximum absolute atomic E-state index is 11.3. The van der Waals surface area contributed by atoms with Crippen LogP contribution in [0, 0.1) is 0 Å². The highest BCUT2D eigenvalue weighted by atomic mass is 16.7. The molecule has 0 aliphatic rings. The number of hydrogen-bond acceptors (Lipinski definition) is 4. The Balaban J connectivity index is 3.08. The van der Waals surface area contributed by atoms with Gasteiger partial charge < -0.3 is 9.47 Å². The summed E-state index contributed by atoms with van der Waals surface area (Å²) in [4.78, 5) is 22.7. The third-order valence-corrected chi connectivity index (χ3v) is 3.51. The number of hydrogen-bond donors (Lipinski definition) is 0. The van der Waals surface area contributed by atoms with Crippen LogP contribution in [0.25, 0.3) is 6.08 Å². The van der Waals surface area contributed by atoms with Crippen LogP contribution in [-0.4, -0.2) is 18.2 Å². The van der Waals surface area contributed by atoms with E-state index < -0.39 is 18.2 Å². The minimum absolute atomic E-state index is 0.472. The van der Waals surface area contributed by atoms with E-state index in [4.69, 9.17) is 9.47 Å². The average Bonchev–Trinajstić information content (AvgIpc) is 2.51. The molecule has 0 aliphatic heterocycles. The van der Waals surface area contributed by atoms with E-state index in [1.54, 1.807) is 0 Å². The monoisotopic (exact) mass is 332 g/mol. The van der Waals surface area contributed by atoms with Crippen molar-refractivity contribution in [2.24, 2.45) is 0 Å². The Hall–Kier alpha value is -2.10. The van der Waals surface area contributed by atoms with Crippen molar-refractivity contribution < 1.29 is 19.1 Å². The highest BCUT2D eigenvalue weighted by molar-refractivity contribution is 5.69. The number of carbonyl (C=O) groups is 2. The summed E-state index contributed by atoms with van der Waals surface area (Å²) in [5, 5.41) is 0. The molecule has 0 spiro atoms. The lowest BCUT2D eigenvalue weighted by Gasteiger charge is -2.20. The molecule has 0 aliphatic carbocycles. The first kappa shape index (κ1) is 19.9. The lowest BCUT2D eigenvalue weighted by atomic mass is 10.0. The number of aryl methyl sites for hydroxylation is 1. The van der Waals surface area contributed by atoms with Gasteiger partial charge in [-0.15, -0.1) is 0 Å². The Morgan fingerprint density at radius 2 is 1.75 bits per heavy atom. The first-order chi connectivity index (χ1) is 11.5. The van der Waals surface area contributed by atoms with E-state index in [1.807, 2.05) is 25.1 Å². The molecule has 1 aromatic rings. The number of carbonyl (C=O) groups excluding carboxylic acids is 2. The molecule has 0 fully saturated rings. The van der Waals surface area contributed by atoms with E-state index in [9.17, 15) is 9.59 Å². The van der Waals surface area contributed by atoms with Gasteiger partial charge in [-0.25, -0.2) is 0 Å². The molecule has 1 aromatic carbocycles. The van der Waals surface area contributed by atoms with E-state index in [-0.39, 0.29) is 0 Å². The summed E-state index contributed by atoms with van der Waals surface area (Å²) in [6.07, 6.45) is 5.89. The van der Waals surface area contributed by atoms with E-state index in [0.717, 1.165) is 36.8 Å².